The second-order valence-corrected chi connectivity index (χ2v) is 9.80. The summed E-state index contributed by atoms with van der Waals surface area (Å²) in [6.45, 7) is 3.29. The Balaban J connectivity index is 1.45. The molecular weight excluding hydrogens is 518 g/mol. The highest BCUT2D eigenvalue weighted by atomic mass is 16.6. The molecule has 3 aromatic carbocycles. The molecule has 0 unspecified atom stereocenters. The Bertz CT molecular complexity index is 1560. The topological polar surface area (TPSA) is 148 Å². The number of fused-ring (bicyclic) bond motifs is 2. The number of nitrogens with one attached hydrogen (secondary N) is 1. The largest absolute Gasteiger partial charge is 0.488 e. The van der Waals surface area contributed by atoms with Gasteiger partial charge >= 0.3 is 11.9 Å². The van der Waals surface area contributed by atoms with Crippen molar-refractivity contribution >= 4 is 40.0 Å². The van der Waals surface area contributed by atoms with Gasteiger partial charge in [0.1, 0.15) is 18.1 Å². The first-order valence-electron chi connectivity index (χ1n) is 12.7. The number of carbonyl (C=O) groups is 3. The molecule has 11 nitrogen and oxygen atoms in total. The normalized spacial score (nSPS) is 20.6. The number of hydrogen-bond donors (Lipinski definition) is 2. The van der Waals surface area contributed by atoms with Crippen molar-refractivity contribution in [2.24, 2.45) is 11.8 Å². The number of nitro groups is 1. The number of aliphatic hydroxyl groups excluding tert-OH is 1. The Morgan fingerprint density at radius 1 is 1.07 bits per heavy atom. The number of nitrogens with zero attached hydrogens (tertiary/aromatic N) is 2. The van der Waals surface area contributed by atoms with E-state index < -0.39 is 40.8 Å². The maximum absolute atomic E-state index is 13.3. The van der Waals surface area contributed by atoms with Gasteiger partial charge in [0.05, 0.1) is 28.6 Å². The van der Waals surface area contributed by atoms with Crippen molar-refractivity contribution in [2.75, 3.05) is 19.0 Å². The number of anilines is 1. The fourth-order valence-corrected chi connectivity index (χ4v) is 5.51. The third kappa shape index (κ3) is 4.43. The van der Waals surface area contributed by atoms with Crippen LogP contribution in [0.1, 0.15) is 24.2 Å². The molecule has 0 aliphatic carbocycles. The van der Waals surface area contributed by atoms with Crippen LogP contribution >= 0.6 is 0 Å². The maximum atomic E-state index is 13.3. The molecule has 0 radical (unpaired) electrons. The zero-order valence-corrected chi connectivity index (χ0v) is 22.0. The van der Waals surface area contributed by atoms with Crippen LogP contribution in [0.4, 0.5) is 11.4 Å². The monoisotopic (exact) mass is 545 g/mol. The minimum Gasteiger partial charge on any atom is -0.488 e. The van der Waals surface area contributed by atoms with Gasteiger partial charge in [-0.05, 0) is 31.2 Å². The number of esters is 2. The van der Waals surface area contributed by atoms with E-state index in [1.807, 2.05) is 44.3 Å². The van der Waals surface area contributed by atoms with Crippen LogP contribution in [0.15, 0.2) is 71.9 Å². The van der Waals surface area contributed by atoms with Gasteiger partial charge in [0.15, 0.2) is 0 Å². The molecule has 5 rings (SSSR count). The van der Waals surface area contributed by atoms with E-state index in [1.54, 1.807) is 6.07 Å². The second-order valence-electron chi connectivity index (χ2n) is 9.80. The lowest BCUT2D eigenvalue weighted by Gasteiger charge is -2.46. The van der Waals surface area contributed by atoms with E-state index in [1.165, 1.54) is 24.0 Å². The number of carbonyl (C=O) groups excluding carboxylic acids is 3. The molecule has 1 saturated heterocycles. The van der Waals surface area contributed by atoms with Crippen LogP contribution in [-0.4, -0.2) is 58.6 Å². The van der Waals surface area contributed by atoms with E-state index in [0.717, 1.165) is 28.6 Å². The summed E-state index contributed by atoms with van der Waals surface area (Å²) in [5, 5.41) is 26.1. The molecule has 0 spiro atoms. The summed E-state index contributed by atoms with van der Waals surface area (Å²) in [5.41, 5.74) is 1.01. The molecule has 1 fully saturated rings. The van der Waals surface area contributed by atoms with E-state index in [2.05, 4.69) is 5.32 Å². The molecule has 2 N–H and O–H groups in total. The Hall–Kier alpha value is -4.77. The van der Waals surface area contributed by atoms with Gasteiger partial charge in [-0.15, -0.1) is 0 Å². The molecule has 2 aliphatic rings. The average molecular weight is 546 g/mol. The highest BCUT2D eigenvalue weighted by Crippen LogP contribution is 2.47. The van der Waals surface area contributed by atoms with Crippen LogP contribution in [0.2, 0.25) is 0 Å². The number of rotatable bonds is 8. The van der Waals surface area contributed by atoms with E-state index in [4.69, 9.17) is 9.47 Å². The van der Waals surface area contributed by atoms with Crippen LogP contribution in [0.25, 0.3) is 10.8 Å². The van der Waals surface area contributed by atoms with Crippen LogP contribution in [0.5, 0.6) is 5.75 Å². The number of β-lactam (4-membered cyclic amide) rings is 1. The third-order valence-electron chi connectivity index (χ3n) is 7.54. The van der Waals surface area contributed by atoms with Gasteiger partial charge in [-0.2, -0.15) is 0 Å². The molecule has 40 heavy (non-hydrogen) atoms. The van der Waals surface area contributed by atoms with E-state index in [9.17, 15) is 29.6 Å². The van der Waals surface area contributed by atoms with Gasteiger partial charge in [-0.1, -0.05) is 31.2 Å². The van der Waals surface area contributed by atoms with Crippen LogP contribution in [0, 0.1) is 22.0 Å². The standard InChI is InChI=1S/C29H27N3O8/c1-15-21(14-39-23-9-5-6-19-20(23)7-4-8-22(19)30-3)26(31-25(15)24(16(2)33)27(31)34)29(36)40-28(35)17-10-12-18(13-11-17)32(37)38/h4-13,15-16,24-25,30,33H,14H2,1-3H3/t15-,16+,24+,25+/m0/s1. The van der Waals surface area contributed by atoms with Crippen LogP contribution in [0.3, 0.4) is 0 Å². The number of amides is 1. The number of ether oxygens (including phenoxy) is 2. The van der Waals surface area contributed by atoms with Crippen molar-refractivity contribution in [3.63, 3.8) is 0 Å². The van der Waals surface area contributed by atoms with Gasteiger partial charge < -0.3 is 24.8 Å². The summed E-state index contributed by atoms with van der Waals surface area (Å²) in [5.74, 6) is -3.01. The Morgan fingerprint density at radius 2 is 1.75 bits per heavy atom. The number of benzene rings is 3. The maximum Gasteiger partial charge on any atom is 0.363 e. The first kappa shape index (κ1) is 26.8. The zero-order valence-electron chi connectivity index (χ0n) is 22.0. The quantitative estimate of drug-likeness (QED) is 0.142. The fourth-order valence-electron chi connectivity index (χ4n) is 5.51. The van der Waals surface area contributed by atoms with E-state index in [0.29, 0.717) is 11.3 Å². The Labute approximate surface area is 229 Å². The van der Waals surface area contributed by atoms with Crippen molar-refractivity contribution < 1.29 is 33.9 Å². The van der Waals surface area contributed by atoms with Gasteiger partial charge in [-0.3, -0.25) is 14.9 Å². The first-order chi connectivity index (χ1) is 19.1. The second kappa shape index (κ2) is 10.4. The van der Waals surface area contributed by atoms with Gasteiger partial charge in [-0.25, -0.2) is 9.59 Å². The molecule has 2 aliphatic heterocycles. The van der Waals surface area contributed by atoms with E-state index in [-0.39, 0.29) is 29.5 Å². The van der Waals surface area contributed by atoms with Crippen molar-refractivity contribution in [1.29, 1.82) is 0 Å². The highest BCUT2D eigenvalue weighted by molar-refractivity contribution is 6.06. The summed E-state index contributed by atoms with van der Waals surface area (Å²) in [7, 11) is 1.82. The molecule has 0 aromatic heterocycles. The molecule has 0 saturated carbocycles. The molecule has 1 amide bonds. The van der Waals surface area contributed by atoms with Crippen LogP contribution in [-0.2, 0) is 14.3 Å². The van der Waals surface area contributed by atoms with Gasteiger partial charge in [0.25, 0.3) is 5.69 Å². The summed E-state index contributed by atoms with van der Waals surface area (Å²) in [6, 6.07) is 15.5. The molecule has 206 valence electrons. The van der Waals surface area contributed by atoms with Crippen molar-refractivity contribution in [1.82, 2.24) is 4.90 Å². The van der Waals surface area contributed by atoms with Gasteiger partial charge in [0.2, 0.25) is 5.91 Å². The Morgan fingerprint density at radius 3 is 2.40 bits per heavy atom. The summed E-state index contributed by atoms with van der Waals surface area (Å²) >= 11 is 0. The number of nitro benzene ring substituents is 1. The number of hydrogen-bond acceptors (Lipinski definition) is 9. The summed E-state index contributed by atoms with van der Waals surface area (Å²) in [6.07, 6.45) is -0.937. The highest BCUT2D eigenvalue weighted by Gasteiger charge is 2.60. The predicted molar refractivity (Wildman–Crippen MR) is 145 cm³/mol. The van der Waals surface area contributed by atoms with E-state index >= 15 is 0 Å². The van der Waals surface area contributed by atoms with Crippen molar-refractivity contribution in [2.45, 2.75) is 26.0 Å². The number of aliphatic hydroxyl groups is 1. The molecule has 11 heteroatoms. The zero-order chi connectivity index (χ0) is 28.7. The fraction of sp³-hybridized carbons (Fsp3) is 0.276. The lowest BCUT2D eigenvalue weighted by atomic mass is 9.78. The van der Waals surface area contributed by atoms with Crippen molar-refractivity contribution in [3.05, 3.63) is 87.6 Å². The lowest BCUT2D eigenvalue weighted by molar-refractivity contribution is -0.384. The Kier molecular flexibility index (Phi) is 6.99. The van der Waals surface area contributed by atoms with Crippen molar-refractivity contribution in [3.8, 4) is 5.75 Å². The smallest absolute Gasteiger partial charge is 0.363 e. The SMILES string of the molecule is CNc1cccc2c(OCC3=C(C(=O)OC(=O)c4ccc([N+](=O)[O-])cc4)N4C(=O)[C@H]([C@@H](C)O)[C@H]4[C@H]3C)cccc12. The average Bonchev–Trinajstić information content (AvgIpc) is 3.18. The first-order valence-corrected chi connectivity index (χ1v) is 12.7. The lowest BCUT2D eigenvalue weighted by Crippen LogP contribution is -2.63. The number of non-ortho nitro benzene ring substituents is 1. The molecule has 3 aromatic rings. The minimum atomic E-state index is -1.04. The summed E-state index contributed by atoms with van der Waals surface area (Å²) < 4.78 is 11.3. The van der Waals surface area contributed by atoms with Crippen LogP contribution < -0.4 is 10.1 Å². The molecule has 2 heterocycles. The molecule has 0 bridgehead atoms. The molecule has 4 atom stereocenters. The summed E-state index contributed by atoms with van der Waals surface area (Å²) in [4.78, 5) is 50.6. The molecular formula is C29H27N3O8. The van der Waals surface area contributed by atoms with Gasteiger partial charge in [0, 0.05) is 47.1 Å². The minimum absolute atomic E-state index is 0.0622. The third-order valence-corrected chi connectivity index (χ3v) is 7.54. The predicted octanol–water partition coefficient (Wildman–Crippen LogP) is 3.66.